The first-order valence-corrected chi connectivity index (χ1v) is 8.98. The molecule has 0 spiro atoms. The molecule has 0 aliphatic heterocycles. The zero-order valence-corrected chi connectivity index (χ0v) is 14.0. The fourth-order valence-corrected chi connectivity index (χ4v) is 4.44. The quantitative estimate of drug-likeness (QED) is 0.504. The minimum atomic E-state index is 0.917. The summed E-state index contributed by atoms with van der Waals surface area (Å²) in [6.07, 6.45) is 1.80. The van der Waals surface area contributed by atoms with Gasteiger partial charge in [0.2, 0.25) is 0 Å². The average molecular weight is 325 g/mol. The van der Waals surface area contributed by atoms with Crippen LogP contribution in [0.5, 0.6) is 0 Å². The Kier molecular flexibility index (Phi) is 3.39. The molecular formula is C17H15N3S2. The van der Waals surface area contributed by atoms with Crippen molar-refractivity contribution < 1.29 is 0 Å². The number of nitrogens with zero attached hydrogens (tertiary/aromatic N) is 3. The molecule has 0 unspecified atom stereocenters. The van der Waals surface area contributed by atoms with Crippen LogP contribution in [0.15, 0.2) is 47.1 Å². The Hall–Kier alpha value is -1.85. The monoisotopic (exact) mass is 325 g/mol. The average Bonchev–Trinajstić information content (AvgIpc) is 3.09. The lowest BCUT2D eigenvalue weighted by Crippen LogP contribution is -1.94. The maximum Gasteiger partial charge on any atom is 0.143 e. The van der Waals surface area contributed by atoms with Crippen molar-refractivity contribution >= 4 is 38.8 Å². The van der Waals surface area contributed by atoms with Crippen LogP contribution in [0.4, 0.5) is 0 Å². The van der Waals surface area contributed by atoms with Gasteiger partial charge in [0.05, 0.1) is 15.7 Å². The van der Waals surface area contributed by atoms with Crippen LogP contribution in [0.3, 0.4) is 0 Å². The highest BCUT2D eigenvalue weighted by molar-refractivity contribution is 7.98. The Morgan fingerprint density at radius 1 is 1.14 bits per heavy atom. The first kappa shape index (κ1) is 13.8. The maximum absolute atomic E-state index is 4.35. The van der Waals surface area contributed by atoms with Gasteiger partial charge < -0.3 is 0 Å². The standard InChI is InChI=1S/C17H15N3S2/c1-11-3-4-12(2)13(7-11)9-22-17-15-8-16-14(5-6-21-16)20(15)10-18-19-17/h3-8,10H,9H2,1-2H3. The third kappa shape index (κ3) is 2.30. The van der Waals surface area contributed by atoms with Crippen molar-refractivity contribution in [1.29, 1.82) is 0 Å². The third-order valence-electron chi connectivity index (χ3n) is 3.86. The highest BCUT2D eigenvalue weighted by Gasteiger charge is 2.10. The molecule has 3 nitrogen and oxygen atoms in total. The summed E-state index contributed by atoms with van der Waals surface area (Å²) in [6, 6.07) is 10.9. The molecule has 3 heterocycles. The summed E-state index contributed by atoms with van der Waals surface area (Å²) in [5, 5.41) is 11.6. The van der Waals surface area contributed by atoms with Gasteiger partial charge in [-0.1, -0.05) is 35.5 Å². The molecule has 0 bridgehead atoms. The van der Waals surface area contributed by atoms with Gasteiger partial charge in [-0.25, -0.2) is 0 Å². The number of fused-ring (bicyclic) bond motifs is 3. The highest BCUT2D eigenvalue weighted by atomic mass is 32.2. The Morgan fingerprint density at radius 2 is 2.05 bits per heavy atom. The van der Waals surface area contributed by atoms with Crippen molar-refractivity contribution in [3.8, 4) is 0 Å². The van der Waals surface area contributed by atoms with Crippen LogP contribution in [0.1, 0.15) is 16.7 Å². The molecule has 0 N–H and O–H groups in total. The second kappa shape index (κ2) is 5.41. The molecule has 22 heavy (non-hydrogen) atoms. The summed E-state index contributed by atoms with van der Waals surface area (Å²) in [5.74, 6) is 0.917. The Balaban J connectivity index is 1.70. The van der Waals surface area contributed by atoms with E-state index in [-0.39, 0.29) is 0 Å². The summed E-state index contributed by atoms with van der Waals surface area (Å²) in [7, 11) is 0. The lowest BCUT2D eigenvalue weighted by atomic mass is 10.1. The van der Waals surface area contributed by atoms with E-state index in [0.29, 0.717) is 0 Å². The van der Waals surface area contributed by atoms with Crippen molar-refractivity contribution in [3.05, 3.63) is 58.7 Å². The van der Waals surface area contributed by atoms with Crippen molar-refractivity contribution in [3.63, 3.8) is 0 Å². The van der Waals surface area contributed by atoms with Crippen LogP contribution in [-0.2, 0) is 5.75 Å². The van der Waals surface area contributed by atoms with Gasteiger partial charge in [-0.2, -0.15) is 0 Å². The van der Waals surface area contributed by atoms with E-state index in [2.05, 4.69) is 64.2 Å². The maximum atomic E-state index is 4.35. The van der Waals surface area contributed by atoms with Gasteiger partial charge in [-0.3, -0.25) is 4.40 Å². The molecule has 0 amide bonds. The predicted molar refractivity (Wildman–Crippen MR) is 93.8 cm³/mol. The fourth-order valence-electron chi connectivity index (χ4n) is 2.62. The SMILES string of the molecule is Cc1ccc(C)c(CSc2nncn3c2cc2sccc23)c1. The van der Waals surface area contributed by atoms with Crippen LogP contribution in [0.25, 0.3) is 15.7 Å². The Bertz CT molecular complexity index is 969. The van der Waals surface area contributed by atoms with Gasteiger partial charge in [-0.05, 0) is 42.5 Å². The Morgan fingerprint density at radius 3 is 2.95 bits per heavy atom. The van der Waals surface area contributed by atoms with Crippen LogP contribution in [-0.4, -0.2) is 14.6 Å². The van der Waals surface area contributed by atoms with Gasteiger partial charge in [0.25, 0.3) is 0 Å². The van der Waals surface area contributed by atoms with Crippen LogP contribution in [0, 0.1) is 13.8 Å². The van der Waals surface area contributed by atoms with Crippen molar-refractivity contribution in [2.45, 2.75) is 24.6 Å². The molecular weight excluding hydrogens is 310 g/mol. The number of thiophene rings is 1. The molecule has 3 aromatic heterocycles. The van der Waals surface area contributed by atoms with E-state index in [9.17, 15) is 0 Å². The largest absolute Gasteiger partial charge is 0.295 e. The van der Waals surface area contributed by atoms with E-state index in [0.717, 1.165) is 16.3 Å². The number of benzene rings is 1. The number of aryl methyl sites for hydroxylation is 2. The summed E-state index contributed by atoms with van der Waals surface area (Å²) in [5.41, 5.74) is 6.35. The number of hydrogen-bond acceptors (Lipinski definition) is 4. The molecule has 0 saturated carbocycles. The first-order chi connectivity index (χ1) is 10.7. The first-order valence-electron chi connectivity index (χ1n) is 7.11. The van der Waals surface area contributed by atoms with Gasteiger partial charge >= 0.3 is 0 Å². The highest BCUT2D eigenvalue weighted by Crippen LogP contribution is 2.31. The number of aromatic nitrogens is 3. The van der Waals surface area contributed by atoms with E-state index in [1.165, 1.54) is 26.9 Å². The van der Waals surface area contributed by atoms with Crippen LogP contribution < -0.4 is 0 Å². The van der Waals surface area contributed by atoms with Crippen LogP contribution in [0.2, 0.25) is 0 Å². The summed E-state index contributed by atoms with van der Waals surface area (Å²) in [6.45, 7) is 4.30. The van der Waals surface area contributed by atoms with Crippen molar-refractivity contribution in [1.82, 2.24) is 14.6 Å². The minimum absolute atomic E-state index is 0.917. The second-order valence-electron chi connectivity index (χ2n) is 5.42. The van der Waals surface area contributed by atoms with Crippen molar-refractivity contribution in [2.24, 2.45) is 0 Å². The topological polar surface area (TPSA) is 30.2 Å². The second-order valence-corrected chi connectivity index (χ2v) is 7.34. The van der Waals surface area contributed by atoms with Crippen LogP contribution >= 0.6 is 23.1 Å². The number of hydrogen-bond donors (Lipinski definition) is 0. The van der Waals surface area contributed by atoms with Gasteiger partial charge in [-0.15, -0.1) is 21.5 Å². The van der Waals surface area contributed by atoms with E-state index < -0.39 is 0 Å². The summed E-state index contributed by atoms with van der Waals surface area (Å²) in [4.78, 5) is 0. The molecule has 110 valence electrons. The molecule has 0 aliphatic carbocycles. The Labute approximate surface area is 137 Å². The fraction of sp³-hybridized carbons (Fsp3) is 0.176. The molecule has 4 rings (SSSR count). The lowest BCUT2D eigenvalue weighted by Gasteiger charge is -2.07. The molecule has 0 atom stereocenters. The summed E-state index contributed by atoms with van der Waals surface area (Å²) >= 11 is 3.51. The van der Waals surface area contributed by atoms with Crippen molar-refractivity contribution in [2.75, 3.05) is 0 Å². The van der Waals surface area contributed by atoms with E-state index in [4.69, 9.17) is 0 Å². The van der Waals surface area contributed by atoms with E-state index in [1.807, 2.05) is 0 Å². The molecule has 0 fully saturated rings. The summed E-state index contributed by atoms with van der Waals surface area (Å²) < 4.78 is 3.41. The minimum Gasteiger partial charge on any atom is -0.295 e. The molecule has 0 saturated heterocycles. The normalized spacial score (nSPS) is 11.5. The van der Waals surface area contributed by atoms with E-state index >= 15 is 0 Å². The number of thioether (sulfide) groups is 1. The molecule has 4 aromatic rings. The lowest BCUT2D eigenvalue weighted by molar-refractivity contribution is 0.884. The predicted octanol–water partition coefficient (Wildman–Crippen LogP) is 4.85. The molecule has 1 aromatic carbocycles. The van der Waals surface area contributed by atoms with Gasteiger partial charge in [0, 0.05) is 5.75 Å². The van der Waals surface area contributed by atoms with Gasteiger partial charge in [0.15, 0.2) is 0 Å². The number of rotatable bonds is 3. The zero-order valence-electron chi connectivity index (χ0n) is 12.4. The zero-order chi connectivity index (χ0) is 15.1. The molecule has 0 radical (unpaired) electrons. The van der Waals surface area contributed by atoms with E-state index in [1.54, 1.807) is 29.4 Å². The smallest absolute Gasteiger partial charge is 0.143 e. The molecule has 0 aliphatic rings. The third-order valence-corrected chi connectivity index (χ3v) is 5.74. The van der Waals surface area contributed by atoms with Gasteiger partial charge in [0.1, 0.15) is 11.4 Å². The molecule has 5 heteroatoms.